The second-order valence-corrected chi connectivity index (χ2v) is 10.3. The molecule has 194 valence electrons. The van der Waals surface area contributed by atoms with E-state index in [0.717, 1.165) is 47.9 Å². The molecule has 1 saturated carbocycles. The summed E-state index contributed by atoms with van der Waals surface area (Å²) in [5.41, 5.74) is 4.00. The lowest BCUT2D eigenvalue weighted by Crippen LogP contribution is -2.53. The first-order chi connectivity index (χ1) is 17.9. The van der Waals surface area contributed by atoms with Gasteiger partial charge in [0.15, 0.2) is 6.61 Å². The minimum atomic E-state index is -0.672. The summed E-state index contributed by atoms with van der Waals surface area (Å²) in [4.78, 5) is 29.1. The van der Waals surface area contributed by atoms with Crippen LogP contribution >= 0.6 is 11.6 Å². The first-order valence-electron chi connectivity index (χ1n) is 13.0. The van der Waals surface area contributed by atoms with E-state index in [1.807, 2.05) is 74.5 Å². The Hall–Kier alpha value is -3.31. The molecule has 2 amide bonds. The first-order valence-corrected chi connectivity index (χ1v) is 13.3. The molecule has 37 heavy (non-hydrogen) atoms. The number of rotatable bonds is 10. The highest BCUT2D eigenvalue weighted by atomic mass is 35.5. The zero-order valence-electron chi connectivity index (χ0n) is 21.6. The van der Waals surface area contributed by atoms with E-state index in [9.17, 15) is 9.59 Å². The molecule has 4 rings (SSSR count). The van der Waals surface area contributed by atoms with Crippen molar-refractivity contribution in [2.45, 2.75) is 64.6 Å². The molecule has 0 aromatic heterocycles. The lowest BCUT2D eigenvalue weighted by atomic mass is 10.0. The third kappa shape index (κ3) is 7.59. The molecule has 1 aliphatic carbocycles. The van der Waals surface area contributed by atoms with Gasteiger partial charge in [0.1, 0.15) is 11.8 Å². The molecule has 0 bridgehead atoms. The fraction of sp³-hybridized carbons (Fsp3) is 0.355. The molecule has 1 atom stereocenters. The van der Waals surface area contributed by atoms with Gasteiger partial charge in [0.25, 0.3) is 5.91 Å². The van der Waals surface area contributed by atoms with Crippen LogP contribution in [0.4, 0.5) is 0 Å². The zero-order chi connectivity index (χ0) is 26.2. The van der Waals surface area contributed by atoms with E-state index in [1.165, 1.54) is 0 Å². The second kappa shape index (κ2) is 12.8. The predicted molar refractivity (Wildman–Crippen MR) is 148 cm³/mol. The number of hydrogen-bond acceptors (Lipinski definition) is 3. The predicted octanol–water partition coefficient (Wildman–Crippen LogP) is 6.03. The molecule has 1 N–H and O–H groups in total. The number of amides is 2. The van der Waals surface area contributed by atoms with Gasteiger partial charge in [0.05, 0.1) is 0 Å². The SMILES string of the molecule is Cc1ccc(OCC(=O)N(Cc2ccc(Cl)cc2)[C@@H](Cc2ccccc2)C(=O)NC2CCCC2)c(C)c1. The number of aryl methyl sites for hydroxylation is 2. The van der Waals surface area contributed by atoms with E-state index >= 15 is 0 Å². The van der Waals surface area contributed by atoms with E-state index in [1.54, 1.807) is 17.0 Å². The molecule has 0 radical (unpaired) electrons. The smallest absolute Gasteiger partial charge is 0.261 e. The van der Waals surface area contributed by atoms with Crippen LogP contribution in [-0.2, 0) is 22.6 Å². The van der Waals surface area contributed by atoms with Crippen LogP contribution in [0.3, 0.4) is 0 Å². The van der Waals surface area contributed by atoms with Crippen LogP contribution in [0.2, 0.25) is 5.02 Å². The number of benzene rings is 3. The Labute approximate surface area is 224 Å². The van der Waals surface area contributed by atoms with Crippen LogP contribution in [0.25, 0.3) is 0 Å². The zero-order valence-corrected chi connectivity index (χ0v) is 22.3. The van der Waals surface area contributed by atoms with Gasteiger partial charge in [0, 0.05) is 24.0 Å². The average molecular weight is 519 g/mol. The van der Waals surface area contributed by atoms with Gasteiger partial charge in [0.2, 0.25) is 5.91 Å². The van der Waals surface area contributed by atoms with Crippen molar-refractivity contribution in [1.82, 2.24) is 10.2 Å². The van der Waals surface area contributed by atoms with Crippen LogP contribution in [0.5, 0.6) is 5.75 Å². The van der Waals surface area contributed by atoms with Crippen LogP contribution in [0.1, 0.15) is 47.9 Å². The number of hydrogen-bond donors (Lipinski definition) is 1. The number of nitrogens with one attached hydrogen (secondary N) is 1. The monoisotopic (exact) mass is 518 g/mol. The molecular weight excluding hydrogens is 484 g/mol. The van der Waals surface area contributed by atoms with E-state index in [-0.39, 0.29) is 31.0 Å². The summed E-state index contributed by atoms with van der Waals surface area (Å²) in [6.45, 7) is 4.11. The van der Waals surface area contributed by atoms with Crippen molar-refractivity contribution in [2.24, 2.45) is 0 Å². The van der Waals surface area contributed by atoms with Gasteiger partial charge in [-0.15, -0.1) is 0 Å². The Balaban J connectivity index is 1.61. The van der Waals surface area contributed by atoms with Crippen molar-refractivity contribution < 1.29 is 14.3 Å². The maximum absolute atomic E-state index is 13.7. The summed E-state index contributed by atoms with van der Waals surface area (Å²) >= 11 is 6.10. The Morgan fingerprint density at radius 3 is 2.35 bits per heavy atom. The summed E-state index contributed by atoms with van der Waals surface area (Å²) in [6, 6.07) is 22.6. The summed E-state index contributed by atoms with van der Waals surface area (Å²) in [7, 11) is 0. The molecule has 0 aliphatic heterocycles. The highest BCUT2D eigenvalue weighted by Crippen LogP contribution is 2.22. The van der Waals surface area contributed by atoms with Gasteiger partial charge in [-0.2, -0.15) is 0 Å². The Kier molecular flexibility index (Phi) is 9.24. The maximum atomic E-state index is 13.7. The molecule has 0 unspecified atom stereocenters. The highest BCUT2D eigenvalue weighted by Gasteiger charge is 2.32. The van der Waals surface area contributed by atoms with Gasteiger partial charge in [-0.1, -0.05) is 84.6 Å². The number of nitrogens with zero attached hydrogens (tertiary/aromatic N) is 1. The minimum Gasteiger partial charge on any atom is -0.483 e. The third-order valence-electron chi connectivity index (χ3n) is 6.92. The van der Waals surface area contributed by atoms with Crippen molar-refractivity contribution in [3.8, 4) is 5.75 Å². The van der Waals surface area contributed by atoms with Crippen LogP contribution in [0, 0.1) is 13.8 Å². The van der Waals surface area contributed by atoms with Crippen LogP contribution in [0.15, 0.2) is 72.8 Å². The van der Waals surface area contributed by atoms with Crippen molar-refractivity contribution in [3.05, 3.63) is 100 Å². The summed E-state index contributed by atoms with van der Waals surface area (Å²) in [5, 5.41) is 3.85. The molecule has 6 heteroatoms. The number of carbonyl (C=O) groups is 2. The average Bonchev–Trinajstić information content (AvgIpc) is 3.40. The normalized spacial score (nSPS) is 14.2. The van der Waals surface area contributed by atoms with Crippen LogP contribution < -0.4 is 10.1 Å². The van der Waals surface area contributed by atoms with E-state index in [2.05, 4.69) is 5.32 Å². The molecule has 5 nitrogen and oxygen atoms in total. The maximum Gasteiger partial charge on any atom is 0.261 e. The van der Waals surface area contributed by atoms with Crippen LogP contribution in [-0.4, -0.2) is 35.4 Å². The van der Waals surface area contributed by atoms with Gasteiger partial charge >= 0.3 is 0 Å². The molecule has 1 aliphatic rings. The van der Waals surface area contributed by atoms with Gasteiger partial charge in [-0.3, -0.25) is 9.59 Å². The summed E-state index contributed by atoms with van der Waals surface area (Å²) in [6.07, 6.45) is 4.61. The van der Waals surface area contributed by atoms with Gasteiger partial charge in [-0.25, -0.2) is 0 Å². The third-order valence-corrected chi connectivity index (χ3v) is 7.17. The lowest BCUT2D eigenvalue weighted by molar-refractivity contribution is -0.143. The highest BCUT2D eigenvalue weighted by molar-refractivity contribution is 6.30. The molecule has 3 aromatic carbocycles. The molecular formula is C31H35ClN2O3. The van der Waals surface area contributed by atoms with E-state index in [0.29, 0.717) is 17.2 Å². The minimum absolute atomic E-state index is 0.121. The standard InChI is InChI=1S/C31H35ClN2O3/c1-22-12-17-29(23(2)18-22)37-21-30(35)34(20-25-13-15-26(32)16-14-25)28(19-24-8-4-3-5-9-24)31(36)33-27-10-6-7-11-27/h3-5,8-9,12-18,27-28H,6-7,10-11,19-21H2,1-2H3,(H,33,36)/t28-/m0/s1. The van der Waals surface area contributed by atoms with Gasteiger partial charge in [-0.05, 0) is 61.6 Å². The Bertz CT molecular complexity index is 1190. The van der Waals surface area contributed by atoms with Crippen molar-refractivity contribution in [1.29, 1.82) is 0 Å². The summed E-state index contributed by atoms with van der Waals surface area (Å²) in [5.74, 6) is 0.308. The fourth-order valence-electron chi connectivity index (χ4n) is 4.89. The Morgan fingerprint density at radius 1 is 0.973 bits per heavy atom. The van der Waals surface area contributed by atoms with E-state index in [4.69, 9.17) is 16.3 Å². The number of carbonyl (C=O) groups excluding carboxylic acids is 2. The first kappa shape index (κ1) is 26.7. The second-order valence-electron chi connectivity index (χ2n) is 9.90. The molecule has 0 heterocycles. The van der Waals surface area contributed by atoms with E-state index < -0.39 is 6.04 Å². The molecule has 0 saturated heterocycles. The molecule has 1 fully saturated rings. The summed E-state index contributed by atoms with van der Waals surface area (Å²) < 4.78 is 5.96. The largest absolute Gasteiger partial charge is 0.483 e. The Morgan fingerprint density at radius 2 is 1.68 bits per heavy atom. The quantitative estimate of drug-likeness (QED) is 0.356. The van der Waals surface area contributed by atoms with Crippen molar-refractivity contribution in [3.63, 3.8) is 0 Å². The topological polar surface area (TPSA) is 58.6 Å². The van der Waals surface area contributed by atoms with Crippen molar-refractivity contribution in [2.75, 3.05) is 6.61 Å². The van der Waals surface area contributed by atoms with Gasteiger partial charge < -0.3 is 15.0 Å². The lowest BCUT2D eigenvalue weighted by Gasteiger charge is -2.32. The molecule has 3 aromatic rings. The fourth-order valence-corrected chi connectivity index (χ4v) is 5.02. The number of ether oxygens (including phenoxy) is 1. The molecule has 0 spiro atoms. The van der Waals surface area contributed by atoms with Crippen molar-refractivity contribution >= 4 is 23.4 Å². The number of halogens is 1.